The second kappa shape index (κ2) is 18.3. The maximum absolute atomic E-state index is 12.4. The molecule has 178 valence electrons. The summed E-state index contributed by atoms with van der Waals surface area (Å²) in [7, 11) is 0. The van der Waals surface area contributed by atoms with Gasteiger partial charge in [-0.1, -0.05) is 141 Å². The Morgan fingerprint density at radius 3 is 1.65 bits per heavy atom. The van der Waals surface area contributed by atoms with Crippen LogP contribution in [-0.4, -0.2) is 12.6 Å². The van der Waals surface area contributed by atoms with Crippen molar-refractivity contribution in [2.45, 2.75) is 130 Å². The van der Waals surface area contributed by atoms with Crippen LogP contribution in [0, 0.1) is 5.41 Å². The fourth-order valence-corrected chi connectivity index (χ4v) is 4.36. The van der Waals surface area contributed by atoms with E-state index >= 15 is 0 Å². The predicted octanol–water partition coefficient (Wildman–Crippen LogP) is 9.06. The largest absolute Gasteiger partial charge is 0.465 e. The molecule has 0 amide bonds. The number of rotatable bonds is 20. The van der Waals surface area contributed by atoms with Gasteiger partial charge in [0, 0.05) is 5.41 Å². The smallest absolute Gasteiger partial charge is 0.310 e. The van der Waals surface area contributed by atoms with Crippen molar-refractivity contribution < 1.29 is 9.53 Å². The fraction of sp³-hybridized carbons (Fsp3) is 0.759. The molecule has 0 bridgehead atoms. The lowest BCUT2D eigenvalue weighted by atomic mass is 9.80. The van der Waals surface area contributed by atoms with E-state index in [4.69, 9.17) is 4.74 Å². The molecule has 2 nitrogen and oxygen atoms in total. The van der Waals surface area contributed by atoms with Gasteiger partial charge in [-0.15, -0.1) is 0 Å². The summed E-state index contributed by atoms with van der Waals surface area (Å²) in [6, 6.07) is 9.94. The highest BCUT2D eigenvalue weighted by Crippen LogP contribution is 2.32. The molecule has 0 N–H and O–H groups in total. The van der Waals surface area contributed by atoms with Gasteiger partial charge in [0.15, 0.2) is 0 Å². The van der Waals surface area contributed by atoms with Crippen LogP contribution in [0.1, 0.15) is 129 Å². The van der Waals surface area contributed by atoms with E-state index < -0.39 is 0 Å². The predicted molar refractivity (Wildman–Crippen MR) is 134 cm³/mol. The van der Waals surface area contributed by atoms with Gasteiger partial charge in [0.2, 0.25) is 0 Å². The Kier molecular flexibility index (Phi) is 16.3. The van der Waals surface area contributed by atoms with Crippen LogP contribution in [0.15, 0.2) is 30.3 Å². The van der Waals surface area contributed by atoms with Gasteiger partial charge in [0.25, 0.3) is 0 Å². The fourth-order valence-electron chi connectivity index (χ4n) is 4.36. The van der Waals surface area contributed by atoms with Gasteiger partial charge in [-0.2, -0.15) is 0 Å². The van der Waals surface area contributed by atoms with Crippen molar-refractivity contribution >= 4 is 5.97 Å². The van der Waals surface area contributed by atoms with E-state index in [1.165, 1.54) is 103 Å². The number of benzene rings is 1. The molecule has 1 atom stereocenters. The van der Waals surface area contributed by atoms with Gasteiger partial charge in [0.05, 0.1) is 13.0 Å². The second-order valence-corrected chi connectivity index (χ2v) is 9.88. The van der Waals surface area contributed by atoms with Gasteiger partial charge in [-0.3, -0.25) is 4.79 Å². The summed E-state index contributed by atoms with van der Waals surface area (Å²) < 4.78 is 5.79. The lowest BCUT2D eigenvalue weighted by molar-refractivity contribution is -0.146. The molecule has 0 fully saturated rings. The third-order valence-corrected chi connectivity index (χ3v) is 6.54. The van der Waals surface area contributed by atoms with Crippen molar-refractivity contribution in [3.05, 3.63) is 35.9 Å². The van der Waals surface area contributed by atoms with Gasteiger partial charge >= 0.3 is 5.97 Å². The first-order valence-corrected chi connectivity index (χ1v) is 13.3. The van der Waals surface area contributed by atoms with E-state index in [2.05, 4.69) is 20.8 Å². The standard InChI is InChI=1S/C29H50O2/c1-4-6-8-10-12-13-15-20-24-29(3,23-19-14-11-9-7-5-2)26-31-28(30)25-27-21-17-16-18-22-27/h16-18,21-22H,4-15,19-20,23-26H2,1-3H3. The Labute approximate surface area is 193 Å². The van der Waals surface area contributed by atoms with Crippen LogP contribution in [0.25, 0.3) is 0 Å². The number of esters is 1. The number of unbranched alkanes of at least 4 members (excludes halogenated alkanes) is 12. The molecule has 1 aromatic rings. The molecule has 1 aromatic carbocycles. The van der Waals surface area contributed by atoms with E-state index in [0.29, 0.717) is 13.0 Å². The Balaban J connectivity index is 2.38. The number of carbonyl (C=O) groups is 1. The summed E-state index contributed by atoms with van der Waals surface area (Å²) in [5.74, 6) is -0.0868. The molecule has 0 saturated heterocycles. The molecular formula is C29H50O2. The lowest BCUT2D eigenvalue weighted by Gasteiger charge is -2.29. The zero-order valence-electron chi connectivity index (χ0n) is 20.9. The molecule has 0 aliphatic heterocycles. The third kappa shape index (κ3) is 15.2. The molecule has 1 rings (SSSR count). The first-order valence-electron chi connectivity index (χ1n) is 13.3. The molecule has 0 aliphatic carbocycles. The number of hydrogen-bond donors (Lipinski definition) is 0. The second-order valence-electron chi connectivity index (χ2n) is 9.88. The van der Waals surface area contributed by atoms with Crippen molar-refractivity contribution in [2.24, 2.45) is 5.41 Å². The first kappa shape index (κ1) is 27.7. The minimum absolute atomic E-state index is 0.0868. The molecular weight excluding hydrogens is 380 g/mol. The van der Waals surface area contributed by atoms with Crippen LogP contribution in [0.2, 0.25) is 0 Å². The summed E-state index contributed by atoms with van der Waals surface area (Å²) in [5.41, 5.74) is 1.16. The maximum atomic E-state index is 12.4. The molecule has 2 heteroatoms. The average Bonchev–Trinajstić information content (AvgIpc) is 2.77. The van der Waals surface area contributed by atoms with Gasteiger partial charge in [-0.25, -0.2) is 0 Å². The summed E-state index contributed by atoms with van der Waals surface area (Å²) in [6.07, 6.45) is 21.4. The zero-order valence-corrected chi connectivity index (χ0v) is 20.9. The van der Waals surface area contributed by atoms with Crippen molar-refractivity contribution in [1.82, 2.24) is 0 Å². The van der Waals surface area contributed by atoms with E-state index in [1.807, 2.05) is 30.3 Å². The van der Waals surface area contributed by atoms with E-state index in [1.54, 1.807) is 0 Å². The lowest BCUT2D eigenvalue weighted by Crippen LogP contribution is -2.26. The normalized spacial score (nSPS) is 13.1. The Morgan fingerprint density at radius 2 is 1.16 bits per heavy atom. The number of carbonyl (C=O) groups excluding carboxylic acids is 1. The molecule has 0 heterocycles. The topological polar surface area (TPSA) is 26.3 Å². The van der Waals surface area contributed by atoms with Gasteiger partial charge < -0.3 is 4.74 Å². The molecule has 0 aliphatic rings. The van der Waals surface area contributed by atoms with Crippen molar-refractivity contribution in [3.8, 4) is 0 Å². The summed E-state index contributed by atoms with van der Waals surface area (Å²) in [4.78, 5) is 12.4. The minimum Gasteiger partial charge on any atom is -0.465 e. The number of hydrogen-bond acceptors (Lipinski definition) is 2. The highest BCUT2D eigenvalue weighted by atomic mass is 16.5. The van der Waals surface area contributed by atoms with Crippen LogP contribution in [0.3, 0.4) is 0 Å². The summed E-state index contributed by atoms with van der Waals surface area (Å²) >= 11 is 0. The quantitative estimate of drug-likeness (QED) is 0.152. The van der Waals surface area contributed by atoms with Crippen LogP contribution >= 0.6 is 0 Å². The van der Waals surface area contributed by atoms with Gasteiger partial charge in [-0.05, 0) is 18.4 Å². The van der Waals surface area contributed by atoms with Crippen molar-refractivity contribution in [2.75, 3.05) is 6.61 Å². The van der Waals surface area contributed by atoms with Crippen molar-refractivity contribution in [1.29, 1.82) is 0 Å². The highest BCUT2D eigenvalue weighted by molar-refractivity contribution is 5.72. The van der Waals surface area contributed by atoms with E-state index in [-0.39, 0.29) is 11.4 Å². The third-order valence-electron chi connectivity index (χ3n) is 6.54. The highest BCUT2D eigenvalue weighted by Gasteiger charge is 2.25. The molecule has 1 unspecified atom stereocenters. The molecule has 0 aromatic heterocycles. The van der Waals surface area contributed by atoms with Crippen LogP contribution in [0.5, 0.6) is 0 Å². The monoisotopic (exact) mass is 430 g/mol. The molecule has 0 radical (unpaired) electrons. The van der Waals surface area contributed by atoms with Crippen LogP contribution in [0.4, 0.5) is 0 Å². The minimum atomic E-state index is -0.0868. The zero-order chi connectivity index (χ0) is 22.6. The van der Waals surface area contributed by atoms with Gasteiger partial charge in [0.1, 0.15) is 0 Å². The Hall–Kier alpha value is -1.31. The first-order chi connectivity index (χ1) is 15.1. The van der Waals surface area contributed by atoms with E-state index in [0.717, 1.165) is 5.56 Å². The molecule has 0 saturated carbocycles. The van der Waals surface area contributed by atoms with Crippen molar-refractivity contribution in [3.63, 3.8) is 0 Å². The van der Waals surface area contributed by atoms with Crippen LogP contribution in [-0.2, 0) is 16.0 Å². The SMILES string of the molecule is CCCCCCCCCCC(C)(CCCCCCCC)COC(=O)Cc1ccccc1. The number of ether oxygens (including phenoxy) is 1. The average molecular weight is 431 g/mol. The van der Waals surface area contributed by atoms with E-state index in [9.17, 15) is 4.79 Å². The Morgan fingerprint density at radius 1 is 0.710 bits per heavy atom. The maximum Gasteiger partial charge on any atom is 0.310 e. The summed E-state index contributed by atoms with van der Waals surface area (Å²) in [5, 5.41) is 0. The molecule has 31 heavy (non-hydrogen) atoms. The summed E-state index contributed by atoms with van der Waals surface area (Å²) in [6.45, 7) is 7.46. The van der Waals surface area contributed by atoms with Crippen LogP contribution < -0.4 is 0 Å². The Bertz CT molecular complexity index is 539. The molecule has 0 spiro atoms.